The molecule has 14 heavy (non-hydrogen) atoms. The van der Waals surface area contributed by atoms with Crippen molar-refractivity contribution in [3.63, 3.8) is 0 Å². The number of aromatic nitrogens is 1. The Kier molecular flexibility index (Phi) is 2.60. The average Bonchev–Trinajstić information content (AvgIpc) is 2.91. The van der Waals surface area contributed by atoms with Crippen molar-refractivity contribution in [3.8, 4) is 0 Å². The van der Waals surface area contributed by atoms with E-state index < -0.39 is 0 Å². The highest BCUT2D eigenvalue weighted by atomic mass is 79.9. The van der Waals surface area contributed by atoms with Crippen LogP contribution >= 0.6 is 15.9 Å². The standard InChI is InChI=1S/C11H13BrFN/c1-6(2)9-10(7-3-4-7)8(12)5-14-11(9)13/h5-7H,3-4H2,1-2H3. The van der Waals surface area contributed by atoms with Gasteiger partial charge in [-0.05, 0) is 46.2 Å². The molecule has 0 unspecified atom stereocenters. The molecule has 2 rings (SSSR count). The molecule has 1 heterocycles. The summed E-state index contributed by atoms with van der Waals surface area (Å²) < 4.78 is 14.5. The van der Waals surface area contributed by atoms with Gasteiger partial charge in [-0.1, -0.05) is 13.8 Å². The predicted octanol–water partition coefficient (Wildman–Crippen LogP) is 3.98. The molecule has 0 bridgehead atoms. The Morgan fingerprint density at radius 2 is 2.14 bits per heavy atom. The van der Waals surface area contributed by atoms with E-state index in [4.69, 9.17) is 0 Å². The van der Waals surface area contributed by atoms with Crippen molar-refractivity contribution < 1.29 is 4.39 Å². The number of nitrogens with zero attached hydrogens (tertiary/aromatic N) is 1. The molecule has 1 aromatic heterocycles. The topological polar surface area (TPSA) is 12.9 Å². The zero-order valence-electron chi connectivity index (χ0n) is 8.35. The van der Waals surface area contributed by atoms with Gasteiger partial charge in [-0.2, -0.15) is 4.39 Å². The second-order valence-electron chi connectivity index (χ2n) is 4.15. The van der Waals surface area contributed by atoms with Crippen LogP contribution in [0.15, 0.2) is 10.7 Å². The van der Waals surface area contributed by atoms with Gasteiger partial charge in [-0.3, -0.25) is 0 Å². The third kappa shape index (κ3) is 1.70. The van der Waals surface area contributed by atoms with Gasteiger partial charge in [-0.25, -0.2) is 4.98 Å². The SMILES string of the molecule is CC(C)c1c(F)ncc(Br)c1C1CC1. The lowest BCUT2D eigenvalue weighted by Crippen LogP contribution is -2.02. The van der Waals surface area contributed by atoms with E-state index in [9.17, 15) is 4.39 Å². The Hall–Kier alpha value is -0.440. The summed E-state index contributed by atoms with van der Waals surface area (Å²) in [5, 5.41) is 0. The van der Waals surface area contributed by atoms with Crippen LogP contribution in [0.3, 0.4) is 0 Å². The Bertz CT molecular complexity index is 332. The lowest BCUT2D eigenvalue weighted by Gasteiger charge is -2.14. The molecule has 76 valence electrons. The van der Waals surface area contributed by atoms with E-state index in [-0.39, 0.29) is 11.9 Å². The highest BCUT2D eigenvalue weighted by Crippen LogP contribution is 2.46. The fourth-order valence-electron chi connectivity index (χ4n) is 1.83. The quantitative estimate of drug-likeness (QED) is 0.731. The minimum atomic E-state index is -0.301. The second kappa shape index (κ2) is 3.61. The minimum Gasteiger partial charge on any atom is -0.227 e. The summed E-state index contributed by atoms with van der Waals surface area (Å²) in [5.41, 5.74) is 1.94. The van der Waals surface area contributed by atoms with Crippen LogP contribution in [-0.4, -0.2) is 4.98 Å². The molecule has 1 saturated carbocycles. The average molecular weight is 258 g/mol. The van der Waals surface area contributed by atoms with Crippen LogP contribution in [0.4, 0.5) is 4.39 Å². The van der Waals surface area contributed by atoms with Crippen molar-refractivity contribution in [3.05, 3.63) is 27.7 Å². The number of halogens is 2. The van der Waals surface area contributed by atoms with E-state index in [1.54, 1.807) is 6.20 Å². The molecule has 0 atom stereocenters. The zero-order valence-corrected chi connectivity index (χ0v) is 9.94. The van der Waals surface area contributed by atoms with Crippen LogP contribution in [0.2, 0.25) is 0 Å². The maximum atomic E-state index is 13.5. The monoisotopic (exact) mass is 257 g/mol. The fraction of sp³-hybridized carbons (Fsp3) is 0.545. The molecule has 0 aromatic carbocycles. The molecule has 1 aliphatic rings. The maximum absolute atomic E-state index is 13.5. The first-order chi connectivity index (χ1) is 6.61. The Morgan fingerprint density at radius 1 is 1.50 bits per heavy atom. The van der Waals surface area contributed by atoms with Gasteiger partial charge in [0.05, 0.1) is 0 Å². The van der Waals surface area contributed by atoms with E-state index >= 15 is 0 Å². The Balaban J connectivity index is 2.57. The van der Waals surface area contributed by atoms with Crippen LogP contribution in [0, 0.1) is 5.95 Å². The first-order valence-electron chi connectivity index (χ1n) is 4.95. The van der Waals surface area contributed by atoms with Crippen molar-refractivity contribution in [2.45, 2.75) is 38.5 Å². The van der Waals surface area contributed by atoms with Gasteiger partial charge >= 0.3 is 0 Å². The summed E-state index contributed by atoms with van der Waals surface area (Å²) >= 11 is 3.46. The van der Waals surface area contributed by atoms with Crippen LogP contribution in [-0.2, 0) is 0 Å². The molecule has 0 N–H and O–H groups in total. The van der Waals surface area contributed by atoms with Gasteiger partial charge < -0.3 is 0 Å². The van der Waals surface area contributed by atoms with E-state index in [2.05, 4.69) is 20.9 Å². The summed E-state index contributed by atoms with van der Waals surface area (Å²) in [6.07, 6.45) is 3.94. The summed E-state index contributed by atoms with van der Waals surface area (Å²) in [4.78, 5) is 3.76. The predicted molar refractivity (Wildman–Crippen MR) is 58.0 cm³/mol. The van der Waals surface area contributed by atoms with Crippen molar-refractivity contribution >= 4 is 15.9 Å². The van der Waals surface area contributed by atoms with E-state index in [1.165, 1.54) is 12.8 Å². The highest BCUT2D eigenvalue weighted by Gasteiger charge is 2.30. The van der Waals surface area contributed by atoms with Crippen molar-refractivity contribution in [2.24, 2.45) is 0 Å². The molecule has 0 spiro atoms. The number of hydrogen-bond donors (Lipinski definition) is 0. The molecule has 1 nitrogen and oxygen atoms in total. The normalized spacial score (nSPS) is 16.4. The van der Waals surface area contributed by atoms with Crippen molar-refractivity contribution in [1.29, 1.82) is 0 Å². The second-order valence-corrected chi connectivity index (χ2v) is 5.01. The molecule has 0 aliphatic heterocycles. The zero-order chi connectivity index (χ0) is 10.3. The molecular weight excluding hydrogens is 245 g/mol. The lowest BCUT2D eigenvalue weighted by molar-refractivity contribution is 0.551. The first kappa shape index (κ1) is 10.1. The highest BCUT2D eigenvalue weighted by molar-refractivity contribution is 9.10. The van der Waals surface area contributed by atoms with Crippen LogP contribution in [0.1, 0.15) is 49.7 Å². The fourth-order valence-corrected chi connectivity index (χ4v) is 2.47. The molecule has 1 fully saturated rings. The van der Waals surface area contributed by atoms with Gasteiger partial charge in [0.1, 0.15) is 0 Å². The van der Waals surface area contributed by atoms with E-state index in [0.717, 1.165) is 15.6 Å². The number of hydrogen-bond acceptors (Lipinski definition) is 1. The van der Waals surface area contributed by atoms with E-state index in [0.29, 0.717) is 5.92 Å². The molecular formula is C11H13BrFN. The van der Waals surface area contributed by atoms with Crippen LogP contribution < -0.4 is 0 Å². The molecule has 0 saturated heterocycles. The van der Waals surface area contributed by atoms with Gasteiger partial charge in [0.15, 0.2) is 0 Å². The summed E-state index contributed by atoms with van der Waals surface area (Å²) in [7, 11) is 0. The van der Waals surface area contributed by atoms with Gasteiger partial charge in [0.25, 0.3) is 0 Å². The third-order valence-electron chi connectivity index (χ3n) is 2.62. The lowest BCUT2D eigenvalue weighted by atomic mass is 9.96. The van der Waals surface area contributed by atoms with Gasteiger partial charge in [-0.15, -0.1) is 0 Å². The van der Waals surface area contributed by atoms with Crippen LogP contribution in [0.5, 0.6) is 0 Å². The van der Waals surface area contributed by atoms with E-state index in [1.807, 2.05) is 13.8 Å². The Labute approximate surface area is 91.9 Å². The van der Waals surface area contributed by atoms with Crippen molar-refractivity contribution in [2.75, 3.05) is 0 Å². The molecule has 1 aromatic rings. The summed E-state index contributed by atoms with van der Waals surface area (Å²) in [6, 6.07) is 0. The third-order valence-corrected chi connectivity index (χ3v) is 3.26. The molecule has 1 aliphatic carbocycles. The largest absolute Gasteiger partial charge is 0.227 e. The molecule has 0 radical (unpaired) electrons. The van der Waals surface area contributed by atoms with Gasteiger partial charge in [0.2, 0.25) is 5.95 Å². The van der Waals surface area contributed by atoms with Crippen LogP contribution in [0.25, 0.3) is 0 Å². The minimum absolute atomic E-state index is 0.204. The first-order valence-corrected chi connectivity index (χ1v) is 5.74. The maximum Gasteiger partial charge on any atom is 0.216 e. The molecule has 0 amide bonds. The smallest absolute Gasteiger partial charge is 0.216 e. The number of pyridine rings is 1. The molecule has 3 heteroatoms. The van der Waals surface area contributed by atoms with Crippen molar-refractivity contribution in [1.82, 2.24) is 4.98 Å². The Morgan fingerprint density at radius 3 is 2.64 bits per heavy atom. The summed E-state index contributed by atoms with van der Waals surface area (Å²) in [6.45, 7) is 4.02. The summed E-state index contributed by atoms with van der Waals surface area (Å²) in [5.74, 6) is 0.458. The van der Waals surface area contributed by atoms with Gasteiger partial charge in [0, 0.05) is 16.2 Å². The number of rotatable bonds is 2.